The van der Waals surface area contributed by atoms with E-state index >= 15 is 8.78 Å². The Kier molecular flexibility index (Phi) is 5.76. The largest absolute Gasteiger partial charge is 0.485 e. The molecule has 4 aromatic rings. The zero-order valence-electron chi connectivity index (χ0n) is 23.9. The van der Waals surface area contributed by atoms with Gasteiger partial charge in [-0.3, -0.25) is 14.5 Å². The molecule has 0 spiro atoms. The van der Waals surface area contributed by atoms with Gasteiger partial charge in [0.15, 0.2) is 0 Å². The minimum absolute atomic E-state index is 0.0531. The minimum atomic E-state index is -3.37. The van der Waals surface area contributed by atoms with E-state index in [1.807, 2.05) is 0 Å². The van der Waals surface area contributed by atoms with Crippen molar-refractivity contribution in [3.05, 3.63) is 77.2 Å². The molecule has 2 aromatic carbocycles. The van der Waals surface area contributed by atoms with Crippen LogP contribution >= 0.6 is 0 Å². The Morgan fingerprint density at radius 3 is 2.55 bits per heavy atom. The van der Waals surface area contributed by atoms with Crippen LogP contribution in [0.4, 0.5) is 8.78 Å². The summed E-state index contributed by atoms with van der Waals surface area (Å²) >= 11 is 0. The number of carbonyl (C=O) groups is 1. The lowest BCUT2D eigenvalue weighted by Gasteiger charge is -2.38. The Balaban J connectivity index is 1.28. The number of halogens is 2. The van der Waals surface area contributed by atoms with Crippen LogP contribution in [0, 0.1) is 11.6 Å². The van der Waals surface area contributed by atoms with Gasteiger partial charge in [-0.25, -0.2) is 17.2 Å². The molecule has 2 aromatic heterocycles. The van der Waals surface area contributed by atoms with Crippen molar-refractivity contribution in [3.63, 3.8) is 0 Å². The van der Waals surface area contributed by atoms with Gasteiger partial charge in [-0.1, -0.05) is 0 Å². The number of nitrogens with zero attached hydrogens (tertiary/aromatic N) is 5. The van der Waals surface area contributed by atoms with E-state index in [0.717, 1.165) is 17.0 Å². The van der Waals surface area contributed by atoms with Gasteiger partial charge in [-0.15, -0.1) is 0 Å². The number of benzene rings is 2. The maximum Gasteiger partial charge on any atom is 0.256 e. The van der Waals surface area contributed by atoms with Gasteiger partial charge in [-0.05, 0) is 61.4 Å². The molecule has 2 aliphatic rings. The predicted octanol–water partition coefficient (Wildman–Crippen LogP) is 3.87. The highest BCUT2D eigenvalue weighted by molar-refractivity contribution is 7.89. The molecule has 0 aliphatic carbocycles. The van der Waals surface area contributed by atoms with Crippen molar-refractivity contribution < 1.29 is 29.5 Å². The molecule has 0 saturated carbocycles. The molecule has 9 nitrogen and oxygen atoms in total. The highest BCUT2D eigenvalue weighted by Gasteiger charge is 2.39. The van der Waals surface area contributed by atoms with E-state index in [9.17, 15) is 13.2 Å². The first-order chi connectivity index (χ1) is 19.8. The molecule has 0 bridgehead atoms. The van der Waals surface area contributed by atoms with Crippen LogP contribution in [-0.4, -0.2) is 62.7 Å². The standard InChI is InChI=1S/C28H27F2N5O4S/c1-16(2)40(37,38)35-11-18(12-35)39-26-7-6-19(21-13-33(3)32-27(21)26)17-9-23(29)22(24(30)10-17)14-34-15-25-20(28(34)36)5-4-8-31-25/h4-10,13,16,18H,11-12,14-15H2,1-3H3/i15D2. The first-order valence-corrected chi connectivity index (χ1v) is 14.2. The van der Waals surface area contributed by atoms with Gasteiger partial charge in [-0.2, -0.15) is 9.40 Å². The number of aryl methyl sites for hydroxylation is 1. The fourth-order valence-electron chi connectivity index (χ4n) is 4.87. The maximum absolute atomic E-state index is 15.4. The molecule has 0 radical (unpaired) electrons. The summed E-state index contributed by atoms with van der Waals surface area (Å²) in [6.45, 7) is 0.719. The molecule has 2 aliphatic heterocycles. The maximum atomic E-state index is 15.4. The molecule has 208 valence electrons. The summed E-state index contributed by atoms with van der Waals surface area (Å²) in [4.78, 5) is 17.6. The van der Waals surface area contributed by atoms with Crippen molar-refractivity contribution in [2.75, 3.05) is 13.1 Å². The van der Waals surface area contributed by atoms with E-state index in [4.69, 9.17) is 7.48 Å². The monoisotopic (exact) mass is 569 g/mol. The number of fused-ring (bicyclic) bond motifs is 2. The number of hydrogen-bond donors (Lipinski definition) is 0. The topological polar surface area (TPSA) is 97.6 Å². The Morgan fingerprint density at radius 2 is 1.88 bits per heavy atom. The molecule has 0 unspecified atom stereocenters. The van der Waals surface area contributed by atoms with Crippen LogP contribution in [0.15, 0.2) is 48.8 Å². The first-order valence-electron chi connectivity index (χ1n) is 13.7. The third kappa shape index (κ3) is 4.40. The lowest BCUT2D eigenvalue weighted by Crippen LogP contribution is -2.57. The second-order valence-corrected chi connectivity index (χ2v) is 12.6. The quantitative estimate of drug-likeness (QED) is 0.335. The molecule has 1 saturated heterocycles. The second kappa shape index (κ2) is 9.63. The van der Waals surface area contributed by atoms with Crippen molar-refractivity contribution in [3.8, 4) is 16.9 Å². The molecule has 12 heteroatoms. The number of pyridine rings is 1. The SMILES string of the molecule is [2H]C1([2H])c2ncccc2C(=O)N1Cc1c(F)cc(-c2ccc(OC3CN(S(=O)(=O)C(C)C)C3)c3nn(C)cc23)cc1F. The summed E-state index contributed by atoms with van der Waals surface area (Å²) < 4.78 is 81.3. The van der Waals surface area contributed by atoms with Crippen LogP contribution in [0.25, 0.3) is 22.0 Å². The van der Waals surface area contributed by atoms with E-state index in [1.165, 1.54) is 22.6 Å². The van der Waals surface area contributed by atoms with Gasteiger partial charge in [0.05, 0.1) is 45.4 Å². The van der Waals surface area contributed by atoms with Crippen LogP contribution in [-0.2, 0) is 30.1 Å². The summed E-state index contributed by atoms with van der Waals surface area (Å²) in [5.74, 6) is -2.15. The Bertz CT molecular complexity index is 1840. The second-order valence-electron chi connectivity index (χ2n) is 10.1. The number of sulfonamides is 1. The third-order valence-electron chi connectivity index (χ3n) is 7.11. The molecule has 4 heterocycles. The van der Waals surface area contributed by atoms with E-state index < -0.39 is 51.4 Å². The van der Waals surface area contributed by atoms with Crippen LogP contribution in [0.2, 0.25) is 0 Å². The summed E-state index contributed by atoms with van der Waals surface area (Å²) in [5.41, 5.74) is 0.666. The van der Waals surface area contributed by atoms with E-state index in [-0.39, 0.29) is 36.0 Å². The molecule has 0 N–H and O–H groups in total. The van der Waals surface area contributed by atoms with E-state index in [1.54, 1.807) is 43.9 Å². The fraction of sp³-hybridized carbons (Fsp3) is 0.321. The van der Waals surface area contributed by atoms with Gasteiger partial charge in [0, 0.05) is 30.4 Å². The Morgan fingerprint density at radius 1 is 1.15 bits per heavy atom. The summed E-state index contributed by atoms with van der Waals surface area (Å²) in [5, 5.41) is 4.50. The molecule has 40 heavy (non-hydrogen) atoms. The van der Waals surface area contributed by atoms with Gasteiger partial charge >= 0.3 is 0 Å². The Labute approximate surface area is 232 Å². The van der Waals surface area contributed by atoms with Crippen LogP contribution in [0.3, 0.4) is 0 Å². The van der Waals surface area contributed by atoms with Gasteiger partial charge in [0.2, 0.25) is 10.0 Å². The minimum Gasteiger partial charge on any atom is -0.485 e. The van der Waals surface area contributed by atoms with Crippen molar-refractivity contribution in [1.29, 1.82) is 0 Å². The van der Waals surface area contributed by atoms with Crippen molar-refractivity contribution in [2.24, 2.45) is 7.05 Å². The number of aromatic nitrogens is 3. The molecule has 6 rings (SSSR count). The molecule has 0 atom stereocenters. The number of amides is 1. The molecular formula is C28H27F2N5O4S. The summed E-state index contributed by atoms with van der Waals surface area (Å²) in [7, 11) is -1.67. The van der Waals surface area contributed by atoms with Gasteiger partial charge in [0.25, 0.3) is 5.91 Å². The summed E-state index contributed by atoms with van der Waals surface area (Å²) in [6.07, 6.45) is 2.69. The van der Waals surface area contributed by atoms with Crippen LogP contribution in [0.5, 0.6) is 5.75 Å². The van der Waals surface area contributed by atoms with Crippen molar-refractivity contribution in [1.82, 2.24) is 24.0 Å². The lowest BCUT2D eigenvalue weighted by molar-refractivity contribution is 0.0763. The zero-order valence-corrected chi connectivity index (χ0v) is 22.7. The van der Waals surface area contributed by atoms with Crippen molar-refractivity contribution in [2.45, 2.75) is 38.2 Å². The van der Waals surface area contributed by atoms with Gasteiger partial charge < -0.3 is 9.64 Å². The average molecular weight is 570 g/mol. The molecule has 1 amide bonds. The fourth-order valence-corrected chi connectivity index (χ4v) is 6.22. The molecular weight excluding hydrogens is 540 g/mol. The van der Waals surface area contributed by atoms with E-state index in [2.05, 4.69) is 10.1 Å². The van der Waals surface area contributed by atoms with Crippen molar-refractivity contribution >= 4 is 26.8 Å². The highest BCUT2D eigenvalue weighted by atomic mass is 32.2. The van der Waals surface area contributed by atoms with Gasteiger partial charge in [0.1, 0.15) is 29.0 Å². The van der Waals surface area contributed by atoms with Crippen LogP contribution in [0.1, 0.15) is 38.2 Å². The highest BCUT2D eigenvalue weighted by Crippen LogP contribution is 2.37. The third-order valence-corrected chi connectivity index (χ3v) is 9.32. The average Bonchev–Trinajstić information content (AvgIpc) is 3.38. The predicted molar refractivity (Wildman–Crippen MR) is 144 cm³/mol. The zero-order chi connectivity index (χ0) is 30.1. The summed E-state index contributed by atoms with van der Waals surface area (Å²) in [6, 6.07) is 8.50. The Hall–Kier alpha value is -3.90. The number of carbonyl (C=O) groups excluding carboxylic acids is 1. The number of rotatable bonds is 7. The lowest BCUT2D eigenvalue weighted by atomic mass is 9.99. The number of hydrogen-bond acceptors (Lipinski definition) is 6. The number of ether oxygens (including phenoxy) is 1. The van der Waals surface area contributed by atoms with Crippen LogP contribution < -0.4 is 4.74 Å². The first kappa shape index (κ1) is 23.9. The normalized spacial score (nSPS) is 18.1. The van der Waals surface area contributed by atoms with E-state index in [0.29, 0.717) is 22.2 Å². The molecule has 1 fully saturated rings. The smallest absolute Gasteiger partial charge is 0.256 e.